The third kappa shape index (κ3) is 2.78. The van der Waals surface area contributed by atoms with E-state index in [1.807, 2.05) is 30.3 Å². The Labute approximate surface area is 155 Å². The lowest BCUT2D eigenvalue weighted by molar-refractivity contribution is 0.563. The molecule has 4 rings (SSSR count). The van der Waals surface area contributed by atoms with Gasteiger partial charge in [0.25, 0.3) is 5.56 Å². The lowest BCUT2D eigenvalue weighted by Crippen LogP contribution is -2.24. The summed E-state index contributed by atoms with van der Waals surface area (Å²) in [4.78, 5) is 17.5. The zero-order chi connectivity index (χ0) is 18.5. The average molecular weight is 367 g/mol. The maximum Gasteiger partial charge on any atom is 0.263 e. The summed E-state index contributed by atoms with van der Waals surface area (Å²) in [6, 6.07) is 13.1. The van der Waals surface area contributed by atoms with E-state index in [0.29, 0.717) is 22.6 Å². The zero-order valence-electron chi connectivity index (χ0n) is 14.9. The quantitative estimate of drug-likeness (QED) is 0.538. The summed E-state index contributed by atoms with van der Waals surface area (Å²) in [6.45, 7) is 6.75. The molecule has 0 unspecified atom stereocenters. The van der Waals surface area contributed by atoms with Gasteiger partial charge in [0.1, 0.15) is 5.65 Å². The van der Waals surface area contributed by atoms with Crippen molar-refractivity contribution in [1.29, 1.82) is 0 Å². The summed E-state index contributed by atoms with van der Waals surface area (Å²) < 4.78 is 3.52. The maximum absolute atomic E-state index is 13.1. The van der Waals surface area contributed by atoms with Crippen LogP contribution in [0.1, 0.15) is 32.0 Å². The molecule has 5 nitrogen and oxygen atoms in total. The standard InChI is InChI=1S/C20H19ClN4O/c1-20(2,3)16-11-17-24(12-13-6-8-14(21)9-7-13)19(26)15-5-4-10-22-18(15)25(17)23-16/h4-11H,12H2,1-3H3. The fraction of sp³-hybridized carbons (Fsp3) is 0.250. The molecule has 0 N–H and O–H groups in total. The SMILES string of the molecule is CC(C)(C)c1cc2n(Cc3ccc(Cl)cc3)c(=O)c3cccnc3n2n1. The topological polar surface area (TPSA) is 52.2 Å². The summed E-state index contributed by atoms with van der Waals surface area (Å²) in [5, 5.41) is 5.97. The number of pyridine rings is 1. The molecule has 0 fully saturated rings. The van der Waals surface area contributed by atoms with E-state index < -0.39 is 0 Å². The van der Waals surface area contributed by atoms with Gasteiger partial charge in [-0.1, -0.05) is 44.5 Å². The van der Waals surface area contributed by atoms with E-state index in [-0.39, 0.29) is 11.0 Å². The Balaban J connectivity index is 2.03. The van der Waals surface area contributed by atoms with Gasteiger partial charge in [-0.05, 0) is 29.8 Å². The average Bonchev–Trinajstić information content (AvgIpc) is 3.06. The van der Waals surface area contributed by atoms with Gasteiger partial charge in [0.2, 0.25) is 0 Å². The molecule has 0 aliphatic carbocycles. The number of hydrogen-bond acceptors (Lipinski definition) is 3. The van der Waals surface area contributed by atoms with Crippen molar-refractivity contribution >= 4 is 28.3 Å². The summed E-state index contributed by atoms with van der Waals surface area (Å²) >= 11 is 5.98. The van der Waals surface area contributed by atoms with Gasteiger partial charge >= 0.3 is 0 Å². The molecule has 6 heteroatoms. The first-order chi connectivity index (χ1) is 12.3. The predicted octanol–water partition coefficient (Wildman–Crippen LogP) is 4.04. The lowest BCUT2D eigenvalue weighted by Gasteiger charge is -2.13. The normalized spacial score (nSPS) is 12.2. The summed E-state index contributed by atoms with van der Waals surface area (Å²) in [5.74, 6) is 0. The number of halogens is 1. The molecule has 4 aromatic rings. The zero-order valence-corrected chi connectivity index (χ0v) is 15.7. The molecule has 132 valence electrons. The Morgan fingerprint density at radius 3 is 2.54 bits per heavy atom. The second-order valence-electron chi connectivity index (χ2n) is 7.44. The molecular formula is C20H19ClN4O. The molecule has 0 saturated heterocycles. The molecule has 0 atom stereocenters. The van der Waals surface area contributed by atoms with Gasteiger partial charge in [0.15, 0.2) is 5.65 Å². The molecule has 0 bridgehead atoms. The molecule has 0 spiro atoms. The number of fused-ring (bicyclic) bond motifs is 3. The highest BCUT2D eigenvalue weighted by Gasteiger charge is 2.21. The molecule has 3 heterocycles. The monoisotopic (exact) mass is 366 g/mol. The van der Waals surface area contributed by atoms with Crippen LogP contribution in [0.3, 0.4) is 0 Å². The van der Waals surface area contributed by atoms with Crippen molar-refractivity contribution in [3.05, 3.63) is 75.3 Å². The van der Waals surface area contributed by atoms with Gasteiger partial charge < -0.3 is 0 Å². The Hall–Kier alpha value is -2.66. The van der Waals surface area contributed by atoms with Gasteiger partial charge in [-0.15, -0.1) is 0 Å². The molecule has 26 heavy (non-hydrogen) atoms. The number of nitrogens with zero attached hydrogens (tertiary/aromatic N) is 4. The van der Waals surface area contributed by atoms with Gasteiger partial charge in [-0.3, -0.25) is 9.36 Å². The van der Waals surface area contributed by atoms with Crippen LogP contribution in [-0.4, -0.2) is 19.2 Å². The lowest BCUT2D eigenvalue weighted by atomic mass is 9.93. The minimum atomic E-state index is -0.131. The fourth-order valence-electron chi connectivity index (χ4n) is 2.99. The smallest absolute Gasteiger partial charge is 0.263 e. The van der Waals surface area contributed by atoms with Crippen molar-refractivity contribution in [3.8, 4) is 0 Å². The van der Waals surface area contributed by atoms with Crippen LogP contribution in [0, 0.1) is 0 Å². The molecular weight excluding hydrogens is 348 g/mol. The predicted molar refractivity (Wildman–Crippen MR) is 104 cm³/mol. The van der Waals surface area contributed by atoms with Crippen LogP contribution in [0.2, 0.25) is 5.02 Å². The van der Waals surface area contributed by atoms with Gasteiger partial charge in [0.05, 0.1) is 17.6 Å². The molecule has 0 aliphatic rings. The molecule has 0 saturated carbocycles. The second-order valence-corrected chi connectivity index (χ2v) is 7.88. The van der Waals surface area contributed by atoms with E-state index in [1.54, 1.807) is 27.4 Å². The van der Waals surface area contributed by atoms with Crippen molar-refractivity contribution in [3.63, 3.8) is 0 Å². The summed E-state index contributed by atoms with van der Waals surface area (Å²) in [6.07, 6.45) is 1.68. The number of benzene rings is 1. The van der Waals surface area contributed by atoms with Crippen LogP contribution in [0.25, 0.3) is 16.7 Å². The van der Waals surface area contributed by atoms with E-state index in [9.17, 15) is 4.79 Å². The van der Waals surface area contributed by atoms with E-state index in [1.165, 1.54) is 0 Å². The highest BCUT2D eigenvalue weighted by atomic mass is 35.5. The molecule has 0 aliphatic heterocycles. The van der Waals surface area contributed by atoms with Crippen molar-refractivity contribution in [2.24, 2.45) is 0 Å². The first-order valence-electron chi connectivity index (χ1n) is 8.47. The number of aromatic nitrogens is 4. The Bertz CT molecular complexity index is 1170. The first kappa shape index (κ1) is 16.8. The number of rotatable bonds is 2. The van der Waals surface area contributed by atoms with Gasteiger partial charge in [0, 0.05) is 22.7 Å². The highest BCUT2D eigenvalue weighted by Crippen LogP contribution is 2.23. The van der Waals surface area contributed by atoms with Crippen LogP contribution in [0.4, 0.5) is 0 Å². The molecule has 3 aromatic heterocycles. The van der Waals surface area contributed by atoms with Gasteiger partial charge in [-0.25, -0.2) is 4.98 Å². The Kier molecular flexibility index (Phi) is 3.84. The Morgan fingerprint density at radius 1 is 1.12 bits per heavy atom. The third-order valence-corrected chi connectivity index (χ3v) is 4.70. The first-order valence-corrected chi connectivity index (χ1v) is 8.84. The van der Waals surface area contributed by atoms with Crippen molar-refractivity contribution < 1.29 is 0 Å². The van der Waals surface area contributed by atoms with Crippen LogP contribution in [0.15, 0.2) is 53.5 Å². The van der Waals surface area contributed by atoms with Crippen LogP contribution in [0.5, 0.6) is 0 Å². The van der Waals surface area contributed by atoms with E-state index in [4.69, 9.17) is 16.7 Å². The van der Waals surface area contributed by atoms with E-state index in [2.05, 4.69) is 25.8 Å². The minimum Gasteiger partial charge on any atom is -0.288 e. The highest BCUT2D eigenvalue weighted by molar-refractivity contribution is 6.30. The minimum absolute atomic E-state index is 0.0732. The summed E-state index contributed by atoms with van der Waals surface area (Å²) in [7, 11) is 0. The van der Waals surface area contributed by atoms with Gasteiger partial charge in [-0.2, -0.15) is 9.61 Å². The van der Waals surface area contributed by atoms with Crippen LogP contribution in [-0.2, 0) is 12.0 Å². The van der Waals surface area contributed by atoms with Crippen molar-refractivity contribution in [1.82, 2.24) is 19.2 Å². The maximum atomic E-state index is 13.1. The third-order valence-electron chi connectivity index (χ3n) is 4.45. The molecule has 0 radical (unpaired) electrons. The fourth-order valence-corrected chi connectivity index (χ4v) is 3.12. The van der Waals surface area contributed by atoms with Crippen molar-refractivity contribution in [2.75, 3.05) is 0 Å². The largest absolute Gasteiger partial charge is 0.288 e. The molecule has 0 amide bonds. The second kappa shape index (κ2) is 5.95. The Morgan fingerprint density at radius 2 is 1.85 bits per heavy atom. The van der Waals surface area contributed by atoms with E-state index in [0.717, 1.165) is 16.9 Å². The van der Waals surface area contributed by atoms with Crippen LogP contribution < -0.4 is 5.56 Å². The summed E-state index contributed by atoms with van der Waals surface area (Å²) in [5.41, 5.74) is 3.03. The molecule has 1 aromatic carbocycles. The van der Waals surface area contributed by atoms with Crippen molar-refractivity contribution in [2.45, 2.75) is 32.7 Å². The number of hydrogen-bond donors (Lipinski definition) is 0. The van der Waals surface area contributed by atoms with Crippen LogP contribution >= 0.6 is 11.6 Å². The van der Waals surface area contributed by atoms with E-state index >= 15 is 0 Å².